The van der Waals surface area contributed by atoms with E-state index in [1.54, 1.807) is 0 Å². The van der Waals surface area contributed by atoms with Gasteiger partial charge in [-0.15, -0.1) is 11.8 Å². The minimum atomic E-state index is -1.14. The van der Waals surface area contributed by atoms with E-state index in [9.17, 15) is 38.7 Å². The summed E-state index contributed by atoms with van der Waals surface area (Å²) in [4.78, 5) is 83.8. The van der Waals surface area contributed by atoms with Crippen LogP contribution in [0.4, 0.5) is 4.79 Å². The number of unbranched alkanes of at least 4 members (excludes halogenated alkanes) is 1. The van der Waals surface area contributed by atoms with Gasteiger partial charge in [-0.3, -0.25) is 28.8 Å². The highest BCUT2D eigenvalue weighted by atomic mass is 32.2. The number of Topliss-reactive ketones (excluding diaryl/α,β-unsaturated/α-hetero) is 4. The number of carboxylic acid groups (broad SMARTS) is 1. The van der Waals surface area contributed by atoms with E-state index in [0.29, 0.717) is 31.4 Å². The zero-order valence-electron chi connectivity index (χ0n) is 23.2. The number of fused-ring (bicyclic) bond motifs is 1. The van der Waals surface area contributed by atoms with Crippen molar-refractivity contribution in [3.8, 4) is 0 Å². The molecule has 13 nitrogen and oxygen atoms in total. The predicted molar refractivity (Wildman–Crippen MR) is 148 cm³/mol. The Kier molecular flexibility index (Phi) is 14.4. The first-order valence-corrected chi connectivity index (χ1v) is 15.0. The molecule has 0 saturated carbocycles. The number of ketones is 4. The number of rotatable bonds is 22. The van der Waals surface area contributed by atoms with Crippen molar-refractivity contribution in [2.45, 2.75) is 106 Å². The van der Waals surface area contributed by atoms with Crippen LogP contribution in [0, 0.1) is 0 Å². The number of carbonyl (C=O) groups is 7. The molecule has 2 heterocycles. The maximum atomic E-state index is 13.3. The van der Waals surface area contributed by atoms with Crippen LogP contribution < -0.4 is 16.0 Å². The molecule has 6 N–H and O–H groups in total. The number of aliphatic hydroxyl groups excluding tert-OH is 2. The predicted octanol–water partition coefficient (Wildman–Crippen LogP) is 0.424. The van der Waals surface area contributed by atoms with Crippen LogP contribution in [0.1, 0.15) is 83.5 Å². The second-order valence-corrected chi connectivity index (χ2v) is 11.9. The molecule has 14 heteroatoms. The van der Waals surface area contributed by atoms with E-state index in [-0.39, 0.29) is 105 Å². The van der Waals surface area contributed by atoms with Gasteiger partial charge in [-0.25, -0.2) is 4.79 Å². The van der Waals surface area contributed by atoms with Crippen molar-refractivity contribution in [2.75, 3.05) is 18.9 Å². The summed E-state index contributed by atoms with van der Waals surface area (Å²) in [5.74, 6) is -1.57. The summed E-state index contributed by atoms with van der Waals surface area (Å²) in [5, 5.41) is 35.4. The number of hydrogen-bond acceptors (Lipinski definition) is 10. The summed E-state index contributed by atoms with van der Waals surface area (Å²) in [7, 11) is 0. The van der Waals surface area contributed by atoms with Gasteiger partial charge in [0.1, 0.15) is 27.9 Å². The normalized spacial score (nSPS) is 21.9. The molecule has 2 aliphatic rings. The summed E-state index contributed by atoms with van der Waals surface area (Å²) < 4.78 is -0.926. The molecule has 3 amide bonds. The highest BCUT2D eigenvalue weighted by Crippen LogP contribution is 2.44. The first kappa shape index (κ1) is 34.4. The molecule has 0 aromatic carbocycles. The van der Waals surface area contributed by atoms with Crippen molar-refractivity contribution in [3.63, 3.8) is 0 Å². The number of hydrogen-bond donors (Lipinski definition) is 6. The number of aliphatic hydroxyl groups is 2. The molecule has 0 aliphatic carbocycles. The van der Waals surface area contributed by atoms with Crippen LogP contribution in [-0.4, -0.2) is 98.2 Å². The number of carboxylic acids is 1. The maximum absolute atomic E-state index is 13.3. The Morgan fingerprint density at radius 1 is 0.854 bits per heavy atom. The largest absolute Gasteiger partial charge is 0.481 e. The first-order valence-electron chi connectivity index (χ1n) is 14.0. The number of carbonyl (C=O) groups excluding carboxylic acids is 6. The fourth-order valence-electron chi connectivity index (χ4n) is 4.93. The van der Waals surface area contributed by atoms with E-state index < -0.39 is 29.5 Å². The lowest BCUT2D eigenvalue weighted by molar-refractivity contribution is -0.137. The van der Waals surface area contributed by atoms with Crippen LogP contribution in [0.2, 0.25) is 0 Å². The third-order valence-electron chi connectivity index (χ3n) is 7.24. The van der Waals surface area contributed by atoms with Gasteiger partial charge in [0.25, 0.3) is 0 Å². The van der Waals surface area contributed by atoms with E-state index in [1.165, 1.54) is 11.8 Å². The van der Waals surface area contributed by atoms with Gasteiger partial charge in [0.15, 0.2) is 0 Å². The Bertz CT molecular complexity index is 990. The summed E-state index contributed by atoms with van der Waals surface area (Å²) in [6.45, 7) is -0.296. The van der Waals surface area contributed by atoms with Gasteiger partial charge in [0, 0.05) is 70.1 Å². The molecule has 1 unspecified atom stereocenters. The molecular weight excluding hydrogens is 558 g/mol. The van der Waals surface area contributed by atoms with Crippen LogP contribution in [0.5, 0.6) is 0 Å². The Hall–Kier alpha value is -2.84. The summed E-state index contributed by atoms with van der Waals surface area (Å²) in [6, 6.07) is -0.942. The SMILES string of the molecule is O=C(O)CCCC[C@]1(C(=O)NCCCC(=O)CCC(=O)CCC(=O)CCC(=O)CC(O)CO)SC[C@@H]2NC(=O)N[C@@H]21. The van der Waals surface area contributed by atoms with E-state index in [1.807, 2.05) is 0 Å². The van der Waals surface area contributed by atoms with Crippen LogP contribution >= 0.6 is 11.8 Å². The van der Waals surface area contributed by atoms with Gasteiger partial charge >= 0.3 is 12.0 Å². The number of nitrogens with one attached hydrogen (secondary N) is 3. The average Bonchev–Trinajstić information content (AvgIpc) is 3.47. The topological polar surface area (TPSA) is 216 Å². The monoisotopic (exact) mass is 599 g/mol. The third-order valence-corrected chi connectivity index (χ3v) is 8.93. The molecule has 2 aliphatic heterocycles. The lowest BCUT2D eigenvalue weighted by atomic mass is 9.88. The van der Waals surface area contributed by atoms with Gasteiger partial charge < -0.3 is 31.3 Å². The van der Waals surface area contributed by atoms with Crippen LogP contribution in [0.25, 0.3) is 0 Å². The van der Waals surface area contributed by atoms with Crippen molar-refractivity contribution in [2.24, 2.45) is 0 Å². The maximum Gasteiger partial charge on any atom is 0.315 e. The van der Waals surface area contributed by atoms with E-state index in [2.05, 4.69) is 16.0 Å². The molecular formula is C27H41N3O10S. The molecule has 2 rings (SSSR count). The minimum absolute atomic E-state index is 0.000891. The van der Waals surface area contributed by atoms with Crippen LogP contribution in [0.15, 0.2) is 0 Å². The van der Waals surface area contributed by atoms with Gasteiger partial charge in [-0.1, -0.05) is 6.42 Å². The van der Waals surface area contributed by atoms with E-state index >= 15 is 0 Å². The molecule has 41 heavy (non-hydrogen) atoms. The average molecular weight is 600 g/mol. The van der Waals surface area contributed by atoms with Gasteiger partial charge in [0.2, 0.25) is 5.91 Å². The minimum Gasteiger partial charge on any atom is -0.481 e. The second kappa shape index (κ2) is 17.2. The van der Waals surface area contributed by atoms with Crippen molar-refractivity contribution in [3.05, 3.63) is 0 Å². The molecule has 0 spiro atoms. The Balaban J connectivity index is 1.66. The first-order chi connectivity index (χ1) is 19.5. The molecule has 0 aromatic heterocycles. The van der Waals surface area contributed by atoms with E-state index in [0.717, 1.165) is 0 Å². The van der Waals surface area contributed by atoms with Gasteiger partial charge in [-0.05, 0) is 19.3 Å². The van der Waals surface area contributed by atoms with Gasteiger partial charge in [0.05, 0.1) is 24.8 Å². The molecule has 0 radical (unpaired) electrons. The number of urea groups is 1. The van der Waals surface area contributed by atoms with Gasteiger partial charge in [-0.2, -0.15) is 0 Å². The van der Waals surface area contributed by atoms with Crippen LogP contribution in [0.3, 0.4) is 0 Å². The third kappa shape index (κ3) is 11.5. The summed E-state index contributed by atoms with van der Waals surface area (Å²) in [6.07, 6.45) is 0.404. The van der Waals surface area contributed by atoms with Crippen molar-refractivity contribution < 1.29 is 48.9 Å². The molecule has 2 saturated heterocycles. The Labute approximate surface area is 243 Å². The van der Waals surface area contributed by atoms with Crippen molar-refractivity contribution in [1.29, 1.82) is 0 Å². The second-order valence-electron chi connectivity index (χ2n) is 10.6. The van der Waals surface area contributed by atoms with Crippen LogP contribution in [-0.2, 0) is 28.8 Å². The highest BCUT2D eigenvalue weighted by molar-refractivity contribution is 8.01. The molecule has 230 valence electrons. The lowest BCUT2D eigenvalue weighted by Crippen LogP contribution is -2.56. The standard InChI is InChI=1S/C27H41N3O10S/c31-15-21(36)14-20(35)11-10-19(34)9-8-18(33)7-6-17(32)4-3-13-28-25(39)27(12-2-1-5-23(37)38)24-22(16-41-27)29-26(40)30-24/h21-22,24,31,36H,1-16H2,(H,28,39)(H,37,38)(H2,29,30,40)/t21?,22-,24-,27-/m0/s1. The zero-order chi connectivity index (χ0) is 30.4. The summed E-state index contributed by atoms with van der Waals surface area (Å²) in [5.41, 5.74) is 0. The molecule has 0 aromatic rings. The summed E-state index contributed by atoms with van der Waals surface area (Å²) >= 11 is 1.44. The highest BCUT2D eigenvalue weighted by Gasteiger charge is 2.57. The van der Waals surface area contributed by atoms with E-state index in [4.69, 9.17) is 10.2 Å². The zero-order valence-corrected chi connectivity index (χ0v) is 24.0. The molecule has 4 atom stereocenters. The Morgan fingerprint density at radius 3 is 2.02 bits per heavy atom. The van der Waals surface area contributed by atoms with Crippen molar-refractivity contribution in [1.82, 2.24) is 16.0 Å². The number of amides is 3. The number of aliphatic carboxylic acids is 1. The quantitative estimate of drug-likeness (QED) is 0.0740. The Morgan fingerprint density at radius 2 is 1.44 bits per heavy atom. The van der Waals surface area contributed by atoms with Crippen molar-refractivity contribution >= 4 is 52.8 Å². The number of thioether (sulfide) groups is 1. The lowest BCUT2D eigenvalue weighted by Gasteiger charge is -2.32. The molecule has 0 bridgehead atoms. The fraction of sp³-hybridized carbons (Fsp3) is 0.741. The molecule has 2 fully saturated rings. The smallest absolute Gasteiger partial charge is 0.315 e. The fourth-order valence-corrected chi connectivity index (χ4v) is 6.58.